The maximum absolute atomic E-state index is 12.7. The zero-order valence-electron chi connectivity index (χ0n) is 15.7. The number of carboxylic acid groups (broad SMARTS) is 1. The number of benzene rings is 2. The largest absolute Gasteiger partial charge is 0.481 e. The molecule has 0 aliphatic carbocycles. The normalized spacial score (nSPS) is 11.7. The molecule has 0 aliphatic rings. The number of anilines is 1. The van der Waals surface area contributed by atoms with E-state index in [0.717, 1.165) is 5.56 Å². The second-order valence-corrected chi connectivity index (χ2v) is 6.82. The highest BCUT2D eigenvalue weighted by atomic mass is 16.4. The lowest BCUT2D eigenvalue weighted by Crippen LogP contribution is -2.47. The topological polar surface area (TPSA) is 95.5 Å². The molecule has 3 N–H and O–H groups in total. The van der Waals surface area contributed by atoms with E-state index < -0.39 is 12.0 Å². The highest BCUT2D eigenvalue weighted by Gasteiger charge is 2.25. The Bertz CT molecular complexity index is 846. The molecular weight excluding hydrogens is 344 g/mol. The molecule has 0 saturated heterocycles. The van der Waals surface area contributed by atoms with E-state index in [0.29, 0.717) is 16.8 Å². The first-order valence-electron chi connectivity index (χ1n) is 8.75. The molecule has 6 heteroatoms. The lowest BCUT2D eigenvalue weighted by Gasteiger charge is -2.22. The number of hydrogen-bond acceptors (Lipinski definition) is 3. The Labute approximate surface area is 158 Å². The predicted molar refractivity (Wildman–Crippen MR) is 104 cm³/mol. The fourth-order valence-corrected chi connectivity index (χ4v) is 2.70. The zero-order chi connectivity index (χ0) is 20.0. The summed E-state index contributed by atoms with van der Waals surface area (Å²) in [6.45, 7) is 5.59. The van der Waals surface area contributed by atoms with Gasteiger partial charge in [0, 0.05) is 11.3 Å². The van der Waals surface area contributed by atoms with Crippen LogP contribution in [-0.4, -0.2) is 28.9 Å². The minimum Gasteiger partial charge on any atom is -0.481 e. The lowest BCUT2D eigenvalue weighted by atomic mass is 10.0. The zero-order valence-corrected chi connectivity index (χ0v) is 15.7. The summed E-state index contributed by atoms with van der Waals surface area (Å²) in [5, 5.41) is 14.4. The Balaban J connectivity index is 2.11. The summed E-state index contributed by atoms with van der Waals surface area (Å²) in [5.74, 6) is -1.73. The van der Waals surface area contributed by atoms with Crippen LogP contribution in [0.1, 0.15) is 35.3 Å². The fraction of sp³-hybridized carbons (Fsp3) is 0.286. The summed E-state index contributed by atoms with van der Waals surface area (Å²) in [4.78, 5) is 36.0. The van der Waals surface area contributed by atoms with Crippen molar-refractivity contribution in [1.29, 1.82) is 0 Å². The van der Waals surface area contributed by atoms with Crippen LogP contribution in [0.2, 0.25) is 0 Å². The number of carbonyl (C=O) groups is 3. The number of amides is 2. The molecule has 1 unspecified atom stereocenters. The molecule has 2 aromatic rings. The van der Waals surface area contributed by atoms with Crippen LogP contribution in [-0.2, 0) is 16.0 Å². The standard InChI is InChI=1S/C21H24N2O4/c1-13(2)19(23-20(26)16-8-4-6-14(3)10-16)21(27)22-17-9-5-7-15(11-17)12-18(24)25/h4-11,13,19H,12H2,1-3H3,(H,22,27)(H,23,26)(H,24,25). The average molecular weight is 368 g/mol. The van der Waals surface area contributed by atoms with Crippen LogP contribution in [0.3, 0.4) is 0 Å². The summed E-state index contributed by atoms with van der Waals surface area (Å²) >= 11 is 0. The van der Waals surface area contributed by atoms with Crippen molar-refractivity contribution in [2.45, 2.75) is 33.2 Å². The molecule has 0 aromatic heterocycles. The van der Waals surface area contributed by atoms with Crippen molar-refractivity contribution in [2.75, 3.05) is 5.32 Å². The highest BCUT2D eigenvalue weighted by molar-refractivity contribution is 6.01. The van der Waals surface area contributed by atoms with Crippen molar-refractivity contribution in [3.63, 3.8) is 0 Å². The van der Waals surface area contributed by atoms with Gasteiger partial charge in [-0.1, -0.05) is 43.7 Å². The van der Waals surface area contributed by atoms with Gasteiger partial charge < -0.3 is 15.7 Å². The van der Waals surface area contributed by atoms with Crippen LogP contribution < -0.4 is 10.6 Å². The van der Waals surface area contributed by atoms with Gasteiger partial charge in [0.15, 0.2) is 0 Å². The van der Waals surface area contributed by atoms with Gasteiger partial charge in [-0.3, -0.25) is 14.4 Å². The van der Waals surface area contributed by atoms with Gasteiger partial charge in [-0.05, 0) is 42.7 Å². The molecule has 0 aliphatic heterocycles. The summed E-state index contributed by atoms with van der Waals surface area (Å²) < 4.78 is 0. The number of nitrogens with one attached hydrogen (secondary N) is 2. The van der Waals surface area contributed by atoms with Gasteiger partial charge >= 0.3 is 5.97 Å². The van der Waals surface area contributed by atoms with E-state index in [2.05, 4.69) is 10.6 Å². The Morgan fingerprint density at radius 1 is 1.04 bits per heavy atom. The Kier molecular flexibility index (Phi) is 6.71. The van der Waals surface area contributed by atoms with Crippen LogP contribution >= 0.6 is 0 Å². The molecule has 1 atom stereocenters. The number of hydrogen-bond donors (Lipinski definition) is 3. The Hall–Kier alpha value is -3.15. The van der Waals surface area contributed by atoms with Gasteiger partial charge in [0.05, 0.1) is 6.42 Å². The molecular formula is C21H24N2O4. The lowest BCUT2D eigenvalue weighted by molar-refractivity contribution is -0.136. The van der Waals surface area contributed by atoms with Crippen molar-refractivity contribution in [3.8, 4) is 0 Å². The molecule has 6 nitrogen and oxygen atoms in total. The Morgan fingerprint density at radius 2 is 1.74 bits per heavy atom. The van der Waals surface area contributed by atoms with Crippen molar-refractivity contribution in [1.82, 2.24) is 5.32 Å². The molecule has 2 aromatic carbocycles. The third-order valence-corrected chi connectivity index (χ3v) is 4.07. The maximum atomic E-state index is 12.7. The van der Waals surface area contributed by atoms with Gasteiger partial charge in [-0.15, -0.1) is 0 Å². The van der Waals surface area contributed by atoms with E-state index in [4.69, 9.17) is 5.11 Å². The molecule has 0 heterocycles. The molecule has 0 fully saturated rings. The highest BCUT2D eigenvalue weighted by Crippen LogP contribution is 2.14. The SMILES string of the molecule is Cc1cccc(C(=O)NC(C(=O)Nc2cccc(CC(=O)O)c2)C(C)C)c1. The number of aryl methyl sites for hydroxylation is 1. The molecule has 0 radical (unpaired) electrons. The van der Waals surface area contributed by atoms with Gasteiger partial charge in [-0.2, -0.15) is 0 Å². The molecule has 0 bridgehead atoms. The third-order valence-electron chi connectivity index (χ3n) is 4.07. The first-order chi connectivity index (χ1) is 12.8. The number of aliphatic carboxylic acids is 1. The van der Waals surface area contributed by atoms with E-state index in [1.54, 1.807) is 42.5 Å². The molecule has 0 spiro atoms. The first-order valence-corrected chi connectivity index (χ1v) is 8.75. The first kappa shape index (κ1) is 20.2. The molecule has 142 valence electrons. The Morgan fingerprint density at radius 3 is 2.37 bits per heavy atom. The second kappa shape index (κ2) is 8.98. The minimum absolute atomic E-state index is 0.124. The van der Waals surface area contributed by atoms with Gasteiger partial charge in [0.1, 0.15) is 6.04 Å². The summed E-state index contributed by atoms with van der Waals surface area (Å²) in [7, 11) is 0. The second-order valence-electron chi connectivity index (χ2n) is 6.82. The quantitative estimate of drug-likeness (QED) is 0.700. The molecule has 27 heavy (non-hydrogen) atoms. The minimum atomic E-state index is -0.941. The number of carboxylic acids is 1. The molecule has 2 amide bonds. The monoisotopic (exact) mass is 368 g/mol. The summed E-state index contributed by atoms with van der Waals surface area (Å²) in [6.07, 6.45) is -0.124. The van der Waals surface area contributed by atoms with Gasteiger partial charge in [-0.25, -0.2) is 0 Å². The predicted octanol–water partition coefficient (Wildman–Crippen LogP) is 3.02. The van der Waals surface area contributed by atoms with E-state index in [9.17, 15) is 14.4 Å². The van der Waals surface area contributed by atoms with Crippen LogP contribution in [0.5, 0.6) is 0 Å². The number of rotatable bonds is 7. The van der Waals surface area contributed by atoms with Crippen molar-refractivity contribution in [3.05, 3.63) is 65.2 Å². The molecule has 2 rings (SSSR count). The van der Waals surface area contributed by atoms with Crippen molar-refractivity contribution < 1.29 is 19.5 Å². The van der Waals surface area contributed by atoms with E-state index >= 15 is 0 Å². The van der Waals surface area contributed by atoms with Crippen LogP contribution in [0.15, 0.2) is 48.5 Å². The average Bonchev–Trinajstić information content (AvgIpc) is 2.58. The summed E-state index contributed by atoms with van der Waals surface area (Å²) in [5.41, 5.74) is 2.54. The van der Waals surface area contributed by atoms with Crippen LogP contribution in [0, 0.1) is 12.8 Å². The summed E-state index contributed by atoms with van der Waals surface area (Å²) in [6, 6.07) is 13.1. The van der Waals surface area contributed by atoms with E-state index in [1.807, 2.05) is 26.8 Å². The fourth-order valence-electron chi connectivity index (χ4n) is 2.70. The molecule has 0 saturated carbocycles. The van der Waals surface area contributed by atoms with Crippen LogP contribution in [0.25, 0.3) is 0 Å². The van der Waals surface area contributed by atoms with Gasteiger partial charge in [0.25, 0.3) is 5.91 Å². The third kappa shape index (κ3) is 5.95. The van der Waals surface area contributed by atoms with Crippen molar-refractivity contribution >= 4 is 23.5 Å². The van der Waals surface area contributed by atoms with Crippen LogP contribution in [0.4, 0.5) is 5.69 Å². The van der Waals surface area contributed by atoms with Gasteiger partial charge in [0.2, 0.25) is 5.91 Å². The number of carbonyl (C=O) groups excluding carboxylic acids is 2. The van der Waals surface area contributed by atoms with E-state index in [1.165, 1.54) is 0 Å². The van der Waals surface area contributed by atoms with E-state index in [-0.39, 0.29) is 24.2 Å². The van der Waals surface area contributed by atoms with Crippen molar-refractivity contribution in [2.24, 2.45) is 5.92 Å². The maximum Gasteiger partial charge on any atom is 0.307 e. The smallest absolute Gasteiger partial charge is 0.307 e.